The molecule has 2 aliphatic heterocycles. The van der Waals surface area contributed by atoms with Gasteiger partial charge in [0.1, 0.15) is 6.04 Å². The highest BCUT2D eigenvalue weighted by Gasteiger charge is 2.37. The first kappa shape index (κ1) is 18.3. The van der Waals surface area contributed by atoms with Gasteiger partial charge in [0.15, 0.2) is 0 Å². The van der Waals surface area contributed by atoms with Gasteiger partial charge in [-0.2, -0.15) is 0 Å². The smallest absolute Gasteiger partial charge is 0.310 e. The van der Waals surface area contributed by atoms with E-state index in [1.54, 1.807) is 11.0 Å². The van der Waals surface area contributed by atoms with E-state index in [9.17, 15) is 14.4 Å². The van der Waals surface area contributed by atoms with E-state index in [0.717, 1.165) is 18.8 Å². The second-order valence-electron chi connectivity index (χ2n) is 6.26. The molecule has 1 saturated heterocycles. The van der Waals surface area contributed by atoms with Crippen LogP contribution < -0.4 is 15.5 Å². The average molecular weight is 360 g/mol. The van der Waals surface area contributed by atoms with Crippen LogP contribution in [0.2, 0.25) is 0 Å². The summed E-state index contributed by atoms with van der Waals surface area (Å²) in [5, 5.41) is 5.17. The number of carbonyl (C=O) groups excluding carboxylic acids is 3. The van der Waals surface area contributed by atoms with Gasteiger partial charge < -0.3 is 20.3 Å². The number of hydrogen-bond acceptors (Lipinski definition) is 5. The number of fused-ring (bicyclic) bond motifs is 1. The van der Waals surface area contributed by atoms with E-state index in [0.29, 0.717) is 38.4 Å². The molecule has 0 bridgehead atoms. The van der Waals surface area contributed by atoms with Crippen LogP contribution in [0.5, 0.6) is 0 Å². The van der Waals surface area contributed by atoms with E-state index in [2.05, 4.69) is 15.5 Å². The molecule has 1 fully saturated rings. The third-order valence-corrected chi connectivity index (χ3v) is 4.67. The number of morpholine rings is 1. The van der Waals surface area contributed by atoms with Crippen molar-refractivity contribution in [2.24, 2.45) is 0 Å². The standard InChI is InChI=1S/C18H24N4O4/c1-2-22-14-6-4-3-5-13(14)15(18(22)25)20-17(24)16(23)19-7-8-21-9-11-26-12-10-21/h3-6,15H,2,7-12H2,1H3,(H,19,23)(H,20,24)/t15-/m1/s1. The summed E-state index contributed by atoms with van der Waals surface area (Å²) in [4.78, 5) is 40.6. The van der Waals surface area contributed by atoms with Crippen molar-refractivity contribution in [3.8, 4) is 0 Å². The molecule has 0 spiro atoms. The number of anilines is 1. The highest BCUT2D eigenvalue weighted by Crippen LogP contribution is 2.35. The summed E-state index contributed by atoms with van der Waals surface area (Å²) in [6.07, 6.45) is 0. The van der Waals surface area contributed by atoms with Gasteiger partial charge >= 0.3 is 11.8 Å². The second kappa shape index (κ2) is 8.29. The lowest BCUT2D eigenvalue weighted by Crippen LogP contribution is -2.47. The molecule has 1 aromatic carbocycles. The van der Waals surface area contributed by atoms with Crippen LogP contribution in [0.25, 0.3) is 0 Å². The SMILES string of the molecule is CCN1C(=O)[C@H](NC(=O)C(=O)NCCN2CCOCC2)c2ccccc21. The Morgan fingerprint density at radius 3 is 2.65 bits per heavy atom. The van der Waals surface area contributed by atoms with Crippen molar-refractivity contribution in [2.45, 2.75) is 13.0 Å². The van der Waals surface area contributed by atoms with E-state index in [1.165, 1.54) is 0 Å². The van der Waals surface area contributed by atoms with E-state index in [-0.39, 0.29) is 5.91 Å². The number of rotatable bonds is 5. The molecule has 0 saturated carbocycles. The predicted molar refractivity (Wildman–Crippen MR) is 95.6 cm³/mol. The summed E-state index contributed by atoms with van der Waals surface area (Å²) in [5.41, 5.74) is 1.49. The lowest BCUT2D eigenvalue weighted by molar-refractivity contribution is -0.140. The van der Waals surface area contributed by atoms with Crippen molar-refractivity contribution < 1.29 is 19.1 Å². The summed E-state index contributed by atoms with van der Waals surface area (Å²) in [7, 11) is 0. The molecule has 2 aliphatic rings. The minimum absolute atomic E-state index is 0.219. The number of hydrogen-bond donors (Lipinski definition) is 2. The Hall–Kier alpha value is -2.45. The molecular weight excluding hydrogens is 336 g/mol. The van der Waals surface area contributed by atoms with Gasteiger partial charge in [-0.15, -0.1) is 0 Å². The molecule has 0 radical (unpaired) electrons. The van der Waals surface area contributed by atoms with Crippen LogP contribution in [0.3, 0.4) is 0 Å². The number of para-hydroxylation sites is 1. The van der Waals surface area contributed by atoms with Gasteiger partial charge in [0, 0.05) is 44.0 Å². The van der Waals surface area contributed by atoms with Crippen molar-refractivity contribution in [1.82, 2.24) is 15.5 Å². The number of amides is 3. The number of likely N-dealkylation sites (N-methyl/N-ethyl adjacent to an activating group) is 1. The molecule has 1 aromatic rings. The zero-order chi connectivity index (χ0) is 18.5. The molecule has 2 N–H and O–H groups in total. The highest BCUT2D eigenvalue weighted by molar-refractivity contribution is 6.35. The molecule has 2 heterocycles. The Morgan fingerprint density at radius 1 is 1.19 bits per heavy atom. The first-order valence-electron chi connectivity index (χ1n) is 8.91. The van der Waals surface area contributed by atoms with E-state index >= 15 is 0 Å². The summed E-state index contributed by atoms with van der Waals surface area (Å²) in [6, 6.07) is 6.48. The normalized spacial score (nSPS) is 20.0. The molecule has 8 nitrogen and oxygen atoms in total. The molecule has 0 aromatic heterocycles. The lowest BCUT2D eigenvalue weighted by Gasteiger charge is -2.26. The van der Waals surface area contributed by atoms with Crippen molar-refractivity contribution in [2.75, 3.05) is 50.8 Å². The van der Waals surface area contributed by atoms with E-state index in [1.807, 2.05) is 25.1 Å². The molecular formula is C18H24N4O4. The van der Waals surface area contributed by atoms with Crippen molar-refractivity contribution in [3.63, 3.8) is 0 Å². The van der Waals surface area contributed by atoms with Crippen LogP contribution >= 0.6 is 0 Å². The number of ether oxygens (including phenoxy) is 1. The summed E-state index contributed by atoms with van der Waals surface area (Å²) < 4.78 is 5.27. The van der Waals surface area contributed by atoms with Gasteiger partial charge in [0.2, 0.25) is 0 Å². The number of benzene rings is 1. The first-order valence-corrected chi connectivity index (χ1v) is 8.91. The molecule has 1 atom stereocenters. The molecule has 26 heavy (non-hydrogen) atoms. The van der Waals surface area contributed by atoms with Gasteiger partial charge in [-0.25, -0.2) is 0 Å². The third kappa shape index (κ3) is 3.86. The van der Waals surface area contributed by atoms with Crippen LogP contribution in [0.1, 0.15) is 18.5 Å². The Balaban J connectivity index is 1.54. The molecule has 3 rings (SSSR count). The fraction of sp³-hybridized carbons (Fsp3) is 0.500. The van der Waals surface area contributed by atoms with Gasteiger partial charge in [-0.1, -0.05) is 18.2 Å². The zero-order valence-electron chi connectivity index (χ0n) is 14.9. The first-order chi connectivity index (χ1) is 12.6. The van der Waals surface area contributed by atoms with Gasteiger partial charge in [0.25, 0.3) is 5.91 Å². The van der Waals surface area contributed by atoms with Gasteiger partial charge in [-0.05, 0) is 13.0 Å². The van der Waals surface area contributed by atoms with E-state index in [4.69, 9.17) is 4.74 Å². The Morgan fingerprint density at radius 2 is 1.92 bits per heavy atom. The average Bonchev–Trinajstić information content (AvgIpc) is 2.93. The second-order valence-corrected chi connectivity index (χ2v) is 6.26. The molecule has 3 amide bonds. The third-order valence-electron chi connectivity index (χ3n) is 4.67. The molecule has 0 unspecified atom stereocenters. The maximum atomic E-state index is 12.5. The topological polar surface area (TPSA) is 91.0 Å². The Bertz CT molecular complexity index is 688. The minimum Gasteiger partial charge on any atom is -0.379 e. The van der Waals surface area contributed by atoms with Crippen molar-refractivity contribution in [1.29, 1.82) is 0 Å². The zero-order valence-corrected chi connectivity index (χ0v) is 14.9. The van der Waals surface area contributed by atoms with Crippen molar-refractivity contribution in [3.05, 3.63) is 29.8 Å². The van der Waals surface area contributed by atoms with E-state index < -0.39 is 17.9 Å². The maximum absolute atomic E-state index is 12.5. The quantitative estimate of drug-likeness (QED) is 0.701. The maximum Gasteiger partial charge on any atom is 0.310 e. The summed E-state index contributed by atoms with van der Waals surface area (Å²) in [6.45, 7) is 6.44. The molecule has 140 valence electrons. The Labute approximate surface area is 152 Å². The molecule has 0 aliphatic carbocycles. The van der Waals surface area contributed by atoms with Crippen molar-refractivity contribution >= 4 is 23.4 Å². The number of carbonyl (C=O) groups is 3. The molecule has 8 heteroatoms. The lowest BCUT2D eigenvalue weighted by atomic mass is 10.1. The van der Waals surface area contributed by atoms with Gasteiger partial charge in [-0.3, -0.25) is 19.3 Å². The fourth-order valence-corrected chi connectivity index (χ4v) is 3.28. The van der Waals surface area contributed by atoms with Crippen LogP contribution in [0, 0.1) is 0 Å². The Kier molecular flexibility index (Phi) is 5.85. The van der Waals surface area contributed by atoms with Crippen LogP contribution in [-0.2, 0) is 19.1 Å². The predicted octanol–water partition coefficient (Wildman–Crippen LogP) is -0.341. The largest absolute Gasteiger partial charge is 0.379 e. The van der Waals surface area contributed by atoms with Crippen LogP contribution in [0.15, 0.2) is 24.3 Å². The number of nitrogens with zero attached hydrogens (tertiary/aromatic N) is 2. The monoisotopic (exact) mass is 360 g/mol. The summed E-state index contributed by atoms with van der Waals surface area (Å²) >= 11 is 0. The van der Waals surface area contributed by atoms with Gasteiger partial charge in [0.05, 0.1) is 13.2 Å². The fourth-order valence-electron chi connectivity index (χ4n) is 3.28. The minimum atomic E-state index is -0.816. The van der Waals surface area contributed by atoms with Crippen LogP contribution in [-0.4, -0.2) is 68.6 Å². The summed E-state index contributed by atoms with van der Waals surface area (Å²) in [5.74, 6) is -1.74. The number of nitrogens with one attached hydrogen (secondary N) is 2. The highest BCUT2D eigenvalue weighted by atomic mass is 16.5. The van der Waals surface area contributed by atoms with Crippen LogP contribution in [0.4, 0.5) is 5.69 Å².